The minimum absolute atomic E-state index is 0.217. The second kappa shape index (κ2) is 6.56. The quantitative estimate of drug-likeness (QED) is 0.856. The third-order valence-corrected chi connectivity index (χ3v) is 5.02. The number of carboxylic acids is 1. The predicted molar refractivity (Wildman–Crippen MR) is 83.4 cm³/mol. The van der Waals surface area contributed by atoms with Crippen molar-refractivity contribution in [3.63, 3.8) is 0 Å². The van der Waals surface area contributed by atoms with E-state index < -0.39 is 5.97 Å². The first kappa shape index (κ1) is 15.3. The molecule has 1 aromatic heterocycles. The van der Waals surface area contributed by atoms with Crippen LogP contribution in [0.5, 0.6) is 0 Å². The second-order valence-corrected chi connectivity index (χ2v) is 6.53. The molecule has 108 valence electrons. The van der Waals surface area contributed by atoms with E-state index in [1.807, 2.05) is 13.2 Å². The first-order valence-electron chi connectivity index (χ1n) is 6.20. The molecule has 0 spiro atoms. The van der Waals surface area contributed by atoms with Crippen LogP contribution in [-0.2, 0) is 6.54 Å². The lowest BCUT2D eigenvalue weighted by Gasteiger charge is -2.12. The van der Waals surface area contributed by atoms with Crippen LogP contribution in [0.1, 0.15) is 22.2 Å². The van der Waals surface area contributed by atoms with E-state index in [1.54, 1.807) is 23.9 Å². The maximum Gasteiger partial charge on any atom is 0.346 e. The molecule has 2 N–H and O–H groups in total. The topological polar surface area (TPSA) is 49.3 Å². The normalized spacial score (nSPS) is 12.8. The summed E-state index contributed by atoms with van der Waals surface area (Å²) < 4.78 is 14.7. The molecule has 0 radical (unpaired) electrons. The minimum atomic E-state index is -1.00. The summed E-state index contributed by atoms with van der Waals surface area (Å²) in [6, 6.07) is 4.97. The Morgan fingerprint density at radius 2 is 2.30 bits per heavy atom. The molecule has 0 fully saturated rings. The monoisotopic (exact) mass is 313 g/mol. The molecule has 1 atom stereocenters. The molecule has 1 heterocycles. The van der Waals surface area contributed by atoms with E-state index in [-0.39, 0.29) is 16.7 Å². The van der Waals surface area contributed by atoms with Crippen LogP contribution in [0.25, 0.3) is 10.1 Å². The van der Waals surface area contributed by atoms with Gasteiger partial charge in [0.25, 0.3) is 0 Å². The number of benzene rings is 1. The number of carboxylic acid groups (broad SMARTS) is 1. The average molecular weight is 313 g/mol. The van der Waals surface area contributed by atoms with Gasteiger partial charge in [-0.05, 0) is 25.3 Å². The largest absolute Gasteiger partial charge is 0.477 e. The van der Waals surface area contributed by atoms with Crippen molar-refractivity contribution in [2.24, 2.45) is 0 Å². The Hall–Kier alpha value is -1.11. The summed E-state index contributed by atoms with van der Waals surface area (Å²) in [5, 5.41) is 13.0. The van der Waals surface area contributed by atoms with Crippen LogP contribution in [0.15, 0.2) is 18.2 Å². The molecule has 2 aromatic rings. The summed E-state index contributed by atoms with van der Waals surface area (Å²) in [7, 11) is 0. The van der Waals surface area contributed by atoms with Gasteiger partial charge in [-0.1, -0.05) is 6.07 Å². The number of thioether (sulfide) groups is 1. The Labute approximate surface area is 125 Å². The number of nitrogens with one attached hydrogen (secondary N) is 1. The lowest BCUT2D eigenvalue weighted by atomic mass is 10.1. The molecule has 2 rings (SSSR count). The van der Waals surface area contributed by atoms with E-state index in [0.29, 0.717) is 22.2 Å². The van der Waals surface area contributed by atoms with Crippen LogP contribution in [0.4, 0.5) is 4.39 Å². The lowest BCUT2D eigenvalue weighted by Crippen LogP contribution is -2.28. The molecule has 0 aliphatic carbocycles. The van der Waals surface area contributed by atoms with Gasteiger partial charge in [-0.2, -0.15) is 11.8 Å². The standard InChI is InChI=1S/C14H16FNO2S2/c1-8(7-19-2)16-6-9-12-10(15)4-3-5-11(12)20-13(9)14(17)18/h3-5,8,16H,6-7H2,1-2H3,(H,17,18). The first-order valence-corrected chi connectivity index (χ1v) is 8.41. The van der Waals surface area contributed by atoms with Crippen LogP contribution in [0, 0.1) is 5.82 Å². The molecule has 0 aliphatic heterocycles. The Morgan fingerprint density at radius 3 is 2.95 bits per heavy atom. The molecule has 1 unspecified atom stereocenters. The molecule has 1 aromatic carbocycles. The fraction of sp³-hybridized carbons (Fsp3) is 0.357. The smallest absolute Gasteiger partial charge is 0.346 e. The highest BCUT2D eigenvalue weighted by Crippen LogP contribution is 2.33. The SMILES string of the molecule is CSCC(C)NCc1c(C(=O)O)sc2cccc(F)c12. The third-order valence-electron chi connectivity index (χ3n) is 3.00. The van der Waals surface area contributed by atoms with Crippen LogP contribution < -0.4 is 5.32 Å². The van der Waals surface area contributed by atoms with Crippen molar-refractivity contribution < 1.29 is 14.3 Å². The van der Waals surface area contributed by atoms with E-state index >= 15 is 0 Å². The van der Waals surface area contributed by atoms with Crippen LogP contribution in [0.2, 0.25) is 0 Å². The van der Waals surface area contributed by atoms with Gasteiger partial charge in [0.15, 0.2) is 0 Å². The maximum atomic E-state index is 14.0. The number of fused-ring (bicyclic) bond motifs is 1. The van der Waals surface area contributed by atoms with Crippen molar-refractivity contribution in [1.82, 2.24) is 5.32 Å². The van der Waals surface area contributed by atoms with E-state index in [2.05, 4.69) is 5.32 Å². The molecular weight excluding hydrogens is 297 g/mol. The van der Waals surface area contributed by atoms with Crippen molar-refractivity contribution >= 4 is 39.2 Å². The van der Waals surface area contributed by atoms with Gasteiger partial charge in [0.05, 0.1) is 0 Å². The van der Waals surface area contributed by atoms with Gasteiger partial charge in [0, 0.05) is 34.0 Å². The molecule has 20 heavy (non-hydrogen) atoms. The van der Waals surface area contributed by atoms with Crippen molar-refractivity contribution in [2.45, 2.75) is 19.5 Å². The molecule has 0 saturated heterocycles. The van der Waals surface area contributed by atoms with Gasteiger partial charge < -0.3 is 10.4 Å². The number of hydrogen-bond acceptors (Lipinski definition) is 4. The van der Waals surface area contributed by atoms with Gasteiger partial charge in [0.1, 0.15) is 10.7 Å². The highest BCUT2D eigenvalue weighted by Gasteiger charge is 2.20. The Balaban J connectivity index is 2.38. The van der Waals surface area contributed by atoms with Crippen molar-refractivity contribution in [2.75, 3.05) is 12.0 Å². The molecule has 0 aliphatic rings. The van der Waals surface area contributed by atoms with E-state index in [1.165, 1.54) is 6.07 Å². The highest BCUT2D eigenvalue weighted by molar-refractivity contribution is 7.98. The van der Waals surface area contributed by atoms with Crippen molar-refractivity contribution in [3.05, 3.63) is 34.5 Å². The van der Waals surface area contributed by atoms with E-state index in [4.69, 9.17) is 0 Å². The number of thiophene rings is 1. The molecule has 0 bridgehead atoms. The van der Waals surface area contributed by atoms with Crippen LogP contribution in [0.3, 0.4) is 0 Å². The zero-order chi connectivity index (χ0) is 14.7. The Bertz CT molecular complexity index is 627. The van der Waals surface area contributed by atoms with Gasteiger partial charge in [0.2, 0.25) is 0 Å². The lowest BCUT2D eigenvalue weighted by molar-refractivity contribution is 0.0701. The first-order chi connectivity index (χ1) is 9.54. The fourth-order valence-corrected chi connectivity index (χ4v) is 3.79. The maximum absolute atomic E-state index is 14.0. The minimum Gasteiger partial charge on any atom is -0.477 e. The Kier molecular flexibility index (Phi) is 5.01. The molecule has 0 amide bonds. The molecular formula is C14H16FNO2S2. The zero-order valence-corrected chi connectivity index (χ0v) is 12.9. The van der Waals surface area contributed by atoms with Crippen LogP contribution >= 0.6 is 23.1 Å². The zero-order valence-electron chi connectivity index (χ0n) is 11.3. The van der Waals surface area contributed by atoms with E-state index in [9.17, 15) is 14.3 Å². The van der Waals surface area contributed by atoms with Gasteiger partial charge >= 0.3 is 5.97 Å². The summed E-state index contributed by atoms with van der Waals surface area (Å²) in [6.07, 6.45) is 2.01. The van der Waals surface area contributed by atoms with E-state index in [0.717, 1.165) is 17.1 Å². The average Bonchev–Trinajstić information content (AvgIpc) is 2.77. The van der Waals surface area contributed by atoms with Crippen molar-refractivity contribution in [1.29, 1.82) is 0 Å². The van der Waals surface area contributed by atoms with Gasteiger partial charge in [-0.25, -0.2) is 9.18 Å². The summed E-state index contributed by atoms with van der Waals surface area (Å²) in [5.41, 5.74) is 0.545. The molecule has 6 heteroatoms. The number of hydrogen-bond donors (Lipinski definition) is 2. The summed E-state index contributed by atoms with van der Waals surface area (Å²) >= 11 is 2.84. The predicted octanol–water partition coefficient (Wildman–Crippen LogP) is 3.58. The summed E-state index contributed by atoms with van der Waals surface area (Å²) in [5.74, 6) is -0.437. The van der Waals surface area contributed by atoms with Crippen molar-refractivity contribution in [3.8, 4) is 0 Å². The molecule has 3 nitrogen and oxygen atoms in total. The van der Waals surface area contributed by atoms with Crippen LogP contribution in [-0.4, -0.2) is 29.1 Å². The second-order valence-electron chi connectivity index (χ2n) is 4.57. The van der Waals surface area contributed by atoms with Gasteiger partial charge in [-0.3, -0.25) is 0 Å². The number of rotatable bonds is 6. The number of aromatic carboxylic acids is 1. The highest BCUT2D eigenvalue weighted by atomic mass is 32.2. The number of halogens is 1. The Morgan fingerprint density at radius 1 is 1.55 bits per heavy atom. The third kappa shape index (κ3) is 3.13. The number of carbonyl (C=O) groups is 1. The molecule has 0 saturated carbocycles. The van der Waals surface area contributed by atoms with Gasteiger partial charge in [-0.15, -0.1) is 11.3 Å². The summed E-state index contributed by atoms with van der Waals surface area (Å²) in [4.78, 5) is 11.5. The fourth-order valence-electron chi connectivity index (χ4n) is 2.09. The summed E-state index contributed by atoms with van der Waals surface area (Å²) in [6.45, 7) is 2.39.